The first-order valence-electron chi connectivity index (χ1n) is 10.8. The Morgan fingerprint density at radius 1 is 1.24 bits per heavy atom. The van der Waals surface area contributed by atoms with Crippen LogP contribution in [-0.2, 0) is 20.5 Å². The van der Waals surface area contributed by atoms with E-state index in [1.54, 1.807) is 0 Å². The summed E-state index contributed by atoms with van der Waals surface area (Å²) < 4.78 is 44.2. The van der Waals surface area contributed by atoms with Gasteiger partial charge in [-0.25, -0.2) is 4.79 Å². The summed E-state index contributed by atoms with van der Waals surface area (Å²) in [6.45, 7) is 1.43. The zero-order valence-electron chi connectivity index (χ0n) is 18.1. The van der Waals surface area contributed by atoms with Crippen molar-refractivity contribution in [3.8, 4) is 0 Å². The summed E-state index contributed by atoms with van der Waals surface area (Å²) in [7, 11) is 1.53. The third kappa shape index (κ3) is 4.82. The summed E-state index contributed by atoms with van der Waals surface area (Å²) in [5.74, 6) is -0.557. The Hall–Kier alpha value is -3.08. The second kappa shape index (κ2) is 9.05. The molecule has 2 atom stereocenters. The second-order valence-corrected chi connectivity index (χ2v) is 8.34. The number of amides is 4. The molecule has 0 radical (unpaired) electrons. The van der Waals surface area contributed by atoms with Crippen LogP contribution in [-0.4, -0.2) is 67.0 Å². The smallest absolute Gasteiger partial charge is 0.376 e. The number of hydrogen-bond acceptors (Lipinski definition) is 4. The first-order valence-corrected chi connectivity index (χ1v) is 10.8. The molecule has 3 heterocycles. The van der Waals surface area contributed by atoms with Gasteiger partial charge < -0.3 is 20.3 Å². The van der Waals surface area contributed by atoms with Crippen molar-refractivity contribution in [3.05, 3.63) is 46.7 Å². The molecule has 33 heavy (non-hydrogen) atoms. The van der Waals surface area contributed by atoms with Gasteiger partial charge in [0.05, 0.1) is 35.5 Å². The fourth-order valence-corrected chi connectivity index (χ4v) is 4.28. The van der Waals surface area contributed by atoms with Gasteiger partial charge in [0.2, 0.25) is 5.91 Å². The molecule has 4 amide bonds. The molecule has 0 aliphatic carbocycles. The van der Waals surface area contributed by atoms with Crippen molar-refractivity contribution < 1.29 is 32.3 Å². The van der Waals surface area contributed by atoms with Crippen LogP contribution in [0.25, 0.3) is 0 Å². The van der Waals surface area contributed by atoms with E-state index in [0.29, 0.717) is 30.0 Å². The van der Waals surface area contributed by atoms with Crippen LogP contribution in [0.3, 0.4) is 0 Å². The Morgan fingerprint density at radius 2 is 1.97 bits per heavy atom. The van der Waals surface area contributed by atoms with Crippen LogP contribution >= 0.6 is 0 Å². The van der Waals surface area contributed by atoms with E-state index in [4.69, 9.17) is 4.74 Å². The normalized spacial score (nSPS) is 23.2. The molecule has 3 aliphatic heterocycles. The van der Waals surface area contributed by atoms with Crippen molar-refractivity contribution in [1.29, 1.82) is 0 Å². The van der Waals surface area contributed by atoms with Gasteiger partial charge in [0.15, 0.2) is 0 Å². The van der Waals surface area contributed by atoms with Crippen LogP contribution in [0.4, 0.5) is 18.0 Å². The van der Waals surface area contributed by atoms with E-state index in [1.165, 1.54) is 29.0 Å². The highest BCUT2D eigenvalue weighted by atomic mass is 19.4. The van der Waals surface area contributed by atoms with E-state index < -0.39 is 23.8 Å². The molecule has 1 aromatic carbocycles. The molecule has 1 fully saturated rings. The molecule has 3 aliphatic rings. The van der Waals surface area contributed by atoms with Gasteiger partial charge in [-0.1, -0.05) is 12.1 Å². The number of ether oxygens (including phenoxy) is 1. The Bertz CT molecular complexity index is 971. The van der Waals surface area contributed by atoms with Gasteiger partial charge in [0, 0.05) is 33.2 Å². The number of likely N-dealkylation sites (N-methyl/N-ethyl adjacent to an activating group) is 1. The number of hydrogen-bond donors (Lipinski definition) is 2. The molecule has 11 heteroatoms. The fraction of sp³-hybridized carbons (Fsp3) is 0.500. The molecular weight excluding hydrogens is 441 g/mol. The van der Waals surface area contributed by atoms with Crippen molar-refractivity contribution >= 4 is 17.8 Å². The van der Waals surface area contributed by atoms with Gasteiger partial charge in [-0.2, -0.15) is 13.2 Å². The highest BCUT2D eigenvalue weighted by Crippen LogP contribution is 2.37. The number of carbonyl (C=O) groups is 3. The minimum Gasteiger partial charge on any atom is -0.376 e. The largest absolute Gasteiger partial charge is 0.416 e. The predicted octanol–water partition coefficient (Wildman–Crippen LogP) is 2.18. The maximum absolute atomic E-state index is 13.1. The molecule has 0 spiro atoms. The molecule has 2 N–H and O–H groups in total. The SMILES string of the molecule is CN1C(=O)NC(c2ccc(C(F)(F)F)cc2)C2=C1CN(CCC(=O)NCC1CCCO1)C2=O. The highest BCUT2D eigenvalue weighted by molar-refractivity contribution is 6.01. The average Bonchev–Trinajstić information content (AvgIpc) is 3.41. The van der Waals surface area contributed by atoms with Gasteiger partial charge >= 0.3 is 12.2 Å². The summed E-state index contributed by atoms with van der Waals surface area (Å²) in [4.78, 5) is 40.6. The molecule has 178 valence electrons. The van der Waals surface area contributed by atoms with Crippen LogP contribution in [0.1, 0.15) is 36.4 Å². The lowest BCUT2D eigenvalue weighted by Gasteiger charge is -2.31. The third-order valence-corrected chi connectivity index (χ3v) is 6.17. The highest BCUT2D eigenvalue weighted by Gasteiger charge is 2.43. The zero-order chi connectivity index (χ0) is 23.8. The number of halogens is 3. The van der Waals surface area contributed by atoms with Crippen molar-refractivity contribution in [2.24, 2.45) is 0 Å². The van der Waals surface area contributed by atoms with Crippen molar-refractivity contribution in [2.75, 3.05) is 33.3 Å². The van der Waals surface area contributed by atoms with Crippen molar-refractivity contribution in [2.45, 2.75) is 37.6 Å². The van der Waals surface area contributed by atoms with E-state index in [2.05, 4.69) is 10.6 Å². The van der Waals surface area contributed by atoms with Gasteiger partial charge in [0.25, 0.3) is 5.91 Å². The van der Waals surface area contributed by atoms with Crippen molar-refractivity contribution in [3.63, 3.8) is 0 Å². The molecule has 1 aromatic rings. The van der Waals surface area contributed by atoms with Gasteiger partial charge in [-0.3, -0.25) is 14.5 Å². The number of carbonyl (C=O) groups excluding carboxylic acids is 3. The minimum absolute atomic E-state index is 0.0200. The van der Waals surface area contributed by atoms with E-state index in [0.717, 1.165) is 25.0 Å². The van der Waals surface area contributed by atoms with Crippen LogP contribution in [0.5, 0.6) is 0 Å². The summed E-state index contributed by atoms with van der Waals surface area (Å²) in [6.07, 6.45) is -2.49. The summed E-state index contributed by atoms with van der Waals surface area (Å²) in [5.41, 5.74) is 0.347. The molecule has 4 rings (SSSR count). The number of nitrogens with zero attached hydrogens (tertiary/aromatic N) is 2. The van der Waals surface area contributed by atoms with Gasteiger partial charge in [-0.15, -0.1) is 0 Å². The fourth-order valence-electron chi connectivity index (χ4n) is 4.28. The maximum atomic E-state index is 13.1. The number of urea groups is 1. The van der Waals surface area contributed by atoms with Crippen LogP contribution < -0.4 is 10.6 Å². The second-order valence-electron chi connectivity index (χ2n) is 8.34. The monoisotopic (exact) mass is 466 g/mol. The summed E-state index contributed by atoms with van der Waals surface area (Å²) in [5, 5.41) is 5.50. The predicted molar refractivity (Wildman–Crippen MR) is 111 cm³/mol. The Labute approximate surface area is 188 Å². The molecule has 0 aromatic heterocycles. The quantitative estimate of drug-likeness (QED) is 0.673. The Morgan fingerprint density at radius 3 is 2.61 bits per heavy atom. The van der Waals surface area contributed by atoms with E-state index in [-0.39, 0.29) is 37.4 Å². The number of alkyl halides is 3. The first kappa shape index (κ1) is 23.1. The lowest BCUT2D eigenvalue weighted by Crippen LogP contribution is -2.45. The topological polar surface area (TPSA) is 91.0 Å². The number of nitrogens with one attached hydrogen (secondary N) is 2. The lowest BCUT2D eigenvalue weighted by molar-refractivity contribution is -0.137. The minimum atomic E-state index is -4.48. The average molecular weight is 466 g/mol. The van der Waals surface area contributed by atoms with E-state index in [9.17, 15) is 27.6 Å². The van der Waals surface area contributed by atoms with Crippen LogP contribution in [0.2, 0.25) is 0 Å². The lowest BCUT2D eigenvalue weighted by atomic mass is 9.95. The van der Waals surface area contributed by atoms with Crippen LogP contribution in [0.15, 0.2) is 35.5 Å². The third-order valence-electron chi connectivity index (χ3n) is 6.17. The zero-order valence-corrected chi connectivity index (χ0v) is 18.1. The number of benzene rings is 1. The molecule has 8 nitrogen and oxygen atoms in total. The van der Waals surface area contributed by atoms with Crippen LogP contribution in [0, 0.1) is 0 Å². The maximum Gasteiger partial charge on any atom is 0.416 e. The molecule has 2 unspecified atom stereocenters. The van der Waals surface area contributed by atoms with E-state index in [1.807, 2.05) is 0 Å². The number of rotatable bonds is 6. The Kier molecular flexibility index (Phi) is 6.33. The van der Waals surface area contributed by atoms with Crippen molar-refractivity contribution in [1.82, 2.24) is 20.4 Å². The van der Waals surface area contributed by atoms with Gasteiger partial charge in [-0.05, 0) is 30.5 Å². The molecule has 1 saturated heterocycles. The Balaban J connectivity index is 1.44. The van der Waals surface area contributed by atoms with Gasteiger partial charge in [0.1, 0.15) is 0 Å². The standard InChI is InChI=1S/C22H25F3N4O4/c1-28-16-12-29(9-8-17(30)26-11-15-3-2-10-33-15)20(31)18(16)19(27-21(28)32)13-4-6-14(7-5-13)22(23,24)25/h4-7,15,19H,2-3,8-12H2,1H3,(H,26,30)(H,27,32). The van der Waals surface area contributed by atoms with E-state index >= 15 is 0 Å². The molecular formula is C22H25F3N4O4. The summed E-state index contributed by atoms with van der Waals surface area (Å²) >= 11 is 0. The molecule has 0 saturated carbocycles. The molecule has 0 bridgehead atoms. The summed E-state index contributed by atoms with van der Waals surface area (Å²) in [6, 6.07) is 3.06. The first-order chi connectivity index (χ1) is 15.6.